The maximum Gasteiger partial charge on any atom is 0.124 e. The van der Waals surface area contributed by atoms with Gasteiger partial charge in [0.1, 0.15) is 24.7 Å². The molecule has 8 heteroatoms. The molecule has 2 rings (SSSR count). The molecule has 0 radical (unpaired) electrons. The van der Waals surface area contributed by atoms with Crippen molar-refractivity contribution in [3.05, 3.63) is 57.6 Å². The van der Waals surface area contributed by atoms with E-state index < -0.39 is 0 Å². The summed E-state index contributed by atoms with van der Waals surface area (Å²) in [7, 11) is 0. The molecule has 0 aliphatic heterocycles. The minimum absolute atomic E-state index is 0.0682. The highest BCUT2D eigenvalue weighted by Crippen LogP contribution is 2.20. The maximum atomic E-state index is 9.60. The van der Waals surface area contributed by atoms with Crippen molar-refractivity contribution in [2.24, 2.45) is 10.3 Å². The number of oxime groups is 2. The van der Waals surface area contributed by atoms with Gasteiger partial charge in [-0.3, -0.25) is 0 Å². The summed E-state index contributed by atoms with van der Waals surface area (Å²) in [6, 6.07) is 9.27. The number of aromatic hydroxyl groups is 2. The molecule has 2 aromatic rings. The van der Waals surface area contributed by atoms with Gasteiger partial charge in [0.05, 0.1) is 12.4 Å². The van der Waals surface area contributed by atoms with E-state index in [9.17, 15) is 10.2 Å². The van der Waals surface area contributed by atoms with E-state index in [2.05, 4.69) is 10.3 Å². The predicted octanol–water partition coefficient (Wildman–Crippen LogP) is 4.20. The monoisotopic (exact) mass is 382 g/mol. The Morgan fingerprint density at radius 2 is 1.24 bits per heavy atom. The van der Waals surface area contributed by atoms with Gasteiger partial charge < -0.3 is 19.9 Å². The molecule has 0 aliphatic carbocycles. The molecule has 0 heterocycles. The van der Waals surface area contributed by atoms with Gasteiger partial charge in [0, 0.05) is 27.6 Å². The second kappa shape index (κ2) is 9.76. The first-order valence-electron chi connectivity index (χ1n) is 7.34. The molecule has 2 aromatic carbocycles. The zero-order chi connectivity index (χ0) is 18.1. The van der Waals surface area contributed by atoms with E-state index in [0.29, 0.717) is 40.8 Å². The number of halogens is 2. The Hall–Kier alpha value is -2.44. The van der Waals surface area contributed by atoms with E-state index >= 15 is 0 Å². The van der Waals surface area contributed by atoms with Crippen molar-refractivity contribution >= 4 is 35.6 Å². The van der Waals surface area contributed by atoms with Crippen LogP contribution in [0, 0.1) is 0 Å². The van der Waals surface area contributed by atoms with Crippen molar-refractivity contribution in [2.75, 3.05) is 13.2 Å². The summed E-state index contributed by atoms with van der Waals surface area (Å²) in [6.07, 6.45) is 3.31. The van der Waals surface area contributed by atoms with Crippen LogP contribution in [0.4, 0.5) is 0 Å². The molecular weight excluding hydrogens is 367 g/mol. The summed E-state index contributed by atoms with van der Waals surface area (Å²) in [4.78, 5) is 10.1. The number of benzene rings is 2. The summed E-state index contributed by atoms with van der Waals surface area (Å²) < 4.78 is 0. The van der Waals surface area contributed by atoms with Gasteiger partial charge in [-0.15, -0.1) is 0 Å². The van der Waals surface area contributed by atoms with Gasteiger partial charge in [0.25, 0.3) is 0 Å². The third-order valence-corrected chi connectivity index (χ3v) is 3.45. The highest BCUT2D eigenvalue weighted by atomic mass is 35.5. The second-order valence-electron chi connectivity index (χ2n) is 4.90. The van der Waals surface area contributed by atoms with Gasteiger partial charge in [-0.05, 0) is 36.4 Å². The minimum Gasteiger partial charge on any atom is -0.507 e. The van der Waals surface area contributed by atoms with E-state index in [0.717, 1.165) is 0 Å². The molecule has 0 aliphatic rings. The molecule has 0 aromatic heterocycles. The Balaban J connectivity index is 1.65. The van der Waals surface area contributed by atoms with Gasteiger partial charge in [0.15, 0.2) is 0 Å². The van der Waals surface area contributed by atoms with E-state index in [1.807, 2.05) is 0 Å². The molecule has 0 amide bonds. The number of hydrogen-bond donors (Lipinski definition) is 2. The summed E-state index contributed by atoms with van der Waals surface area (Å²) >= 11 is 11.6. The lowest BCUT2D eigenvalue weighted by Crippen LogP contribution is -1.96. The first-order chi connectivity index (χ1) is 12.1. The van der Waals surface area contributed by atoms with Gasteiger partial charge in [0.2, 0.25) is 0 Å². The number of nitrogens with zero attached hydrogens (tertiary/aromatic N) is 2. The van der Waals surface area contributed by atoms with E-state index in [4.69, 9.17) is 32.9 Å². The molecule has 132 valence electrons. The molecule has 0 bridgehead atoms. The van der Waals surface area contributed by atoms with Crippen molar-refractivity contribution < 1.29 is 19.9 Å². The Bertz CT molecular complexity index is 703. The van der Waals surface area contributed by atoms with Crippen LogP contribution in [0.2, 0.25) is 10.0 Å². The van der Waals surface area contributed by atoms with Crippen molar-refractivity contribution in [3.63, 3.8) is 0 Å². The topological polar surface area (TPSA) is 83.6 Å². The fourth-order valence-electron chi connectivity index (χ4n) is 1.74. The second-order valence-corrected chi connectivity index (χ2v) is 5.77. The number of phenolic OH excluding ortho intramolecular Hbond substituents is 2. The molecule has 25 heavy (non-hydrogen) atoms. The molecule has 0 unspecified atom stereocenters. The predicted molar refractivity (Wildman–Crippen MR) is 97.9 cm³/mol. The fraction of sp³-hybridized carbons (Fsp3) is 0.176. The Morgan fingerprint density at radius 3 is 1.68 bits per heavy atom. The molecule has 0 saturated carbocycles. The fourth-order valence-corrected chi connectivity index (χ4v) is 2.10. The third kappa shape index (κ3) is 6.52. The highest BCUT2D eigenvalue weighted by Gasteiger charge is 2.00. The lowest BCUT2D eigenvalue weighted by molar-refractivity contribution is 0.0914. The average Bonchev–Trinajstić information content (AvgIpc) is 2.59. The van der Waals surface area contributed by atoms with Crippen LogP contribution in [-0.2, 0) is 9.68 Å². The number of hydrogen-bond acceptors (Lipinski definition) is 6. The molecule has 0 fully saturated rings. The summed E-state index contributed by atoms with van der Waals surface area (Å²) in [6.45, 7) is 0.630. The largest absolute Gasteiger partial charge is 0.507 e. The van der Waals surface area contributed by atoms with Crippen molar-refractivity contribution in [2.45, 2.75) is 6.42 Å². The quantitative estimate of drug-likeness (QED) is 0.407. The molecule has 0 atom stereocenters. The number of rotatable bonds is 8. The van der Waals surface area contributed by atoms with Gasteiger partial charge in [-0.25, -0.2) is 0 Å². The molecule has 0 spiro atoms. The van der Waals surface area contributed by atoms with Crippen molar-refractivity contribution in [3.8, 4) is 11.5 Å². The van der Waals surface area contributed by atoms with Crippen molar-refractivity contribution in [1.82, 2.24) is 0 Å². The maximum absolute atomic E-state index is 9.60. The zero-order valence-corrected chi connectivity index (χ0v) is 14.6. The van der Waals surface area contributed by atoms with Crippen LogP contribution in [0.25, 0.3) is 0 Å². The van der Waals surface area contributed by atoms with Gasteiger partial charge in [-0.2, -0.15) is 0 Å². The van der Waals surface area contributed by atoms with Gasteiger partial charge in [-0.1, -0.05) is 33.5 Å². The van der Waals surface area contributed by atoms with Crippen LogP contribution in [0.3, 0.4) is 0 Å². The summed E-state index contributed by atoms with van der Waals surface area (Å²) in [5, 5.41) is 27.7. The lowest BCUT2D eigenvalue weighted by atomic mass is 10.2. The first-order valence-corrected chi connectivity index (χ1v) is 8.09. The average molecular weight is 383 g/mol. The molecule has 2 N–H and O–H groups in total. The van der Waals surface area contributed by atoms with Gasteiger partial charge >= 0.3 is 0 Å². The third-order valence-electron chi connectivity index (χ3n) is 2.98. The lowest BCUT2D eigenvalue weighted by Gasteiger charge is -2.01. The van der Waals surface area contributed by atoms with Crippen LogP contribution in [0.1, 0.15) is 17.5 Å². The molecular formula is C17H16Cl2N2O4. The van der Waals surface area contributed by atoms with Crippen LogP contribution < -0.4 is 0 Å². The van der Waals surface area contributed by atoms with Crippen LogP contribution >= 0.6 is 23.2 Å². The first kappa shape index (κ1) is 18.9. The minimum atomic E-state index is 0.0682. The number of phenols is 2. The van der Waals surface area contributed by atoms with Crippen LogP contribution in [-0.4, -0.2) is 35.9 Å². The summed E-state index contributed by atoms with van der Waals surface area (Å²) in [5.74, 6) is 0.136. The molecule has 6 nitrogen and oxygen atoms in total. The highest BCUT2D eigenvalue weighted by molar-refractivity contribution is 6.31. The smallest absolute Gasteiger partial charge is 0.124 e. The Kier molecular flexibility index (Phi) is 7.37. The van der Waals surface area contributed by atoms with E-state index in [-0.39, 0.29) is 11.5 Å². The molecule has 0 saturated heterocycles. The van der Waals surface area contributed by atoms with E-state index in [1.165, 1.54) is 24.6 Å². The standard InChI is InChI=1S/C17H16Cl2N2O4/c18-14-2-4-16(22)12(8-14)10-20-24-6-1-7-25-21-11-13-9-15(19)3-5-17(13)23/h2-5,8-11,22-23H,1,6-7H2/b20-10+,21-11+. The Morgan fingerprint density at radius 1 is 0.800 bits per heavy atom. The zero-order valence-electron chi connectivity index (χ0n) is 13.1. The Labute approximate surface area is 154 Å². The SMILES string of the molecule is Oc1ccc(Cl)cc1/C=N/OCCCO/N=C/c1cc(Cl)ccc1O. The van der Waals surface area contributed by atoms with E-state index in [1.54, 1.807) is 24.3 Å². The normalized spacial score (nSPS) is 11.3. The van der Waals surface area contributed by atoms with Crippen LogP contribution in [0.5, 0.6) is 11.5 Å². The van der Waals surface area contributed by atoms with Crippen molar-refractivity contribution in [1.29, 1.82) is 0 Å². The van der Waals surface area contributed by atoms with Crippen LogP contribution in [0.15, 0.2) is 46.7 Å². The summed E-state index contributed by atoms with van der Waals surface area (Å²) in [5.41, 5.74) is 0.935.